The Morgan fingerprint density at radius 1 is 0.962 bits per heavy atom. The van der Waals surface area contributed by atoms with Gasteiger partial charge in [-0.05, 0) is 47.9 Å². The van der Waals surface area contributed by atoms with Crippen molar-refractivity contribution >= 4 is 0 Å². The Labute approximate surface area is 156 Å². The molecule has 0 aromatic heterocycles. The van der Waals surface area contributed by atoms with Crippen LogP contribution in [0.1, 0.15) is 63.0 Å². The van der Waals surface area contributed by atoms with Gasteiger partial charge in [0.15, 0.2) is 0 Å². The van der Waals surface area contributed by atoms with Gasteiger partial charge in [-0.2, -0.15) is 5.26 Å². The van der Waals surface area contributed by atoms with Crippen molar-refractivity contribution in [3.8, 4) is 17.2 Å². The number of benzene rings is 2. The van der Waals surface area contributed by atoms with Crippen molar-refractivity contribution in [3.05, 3.63) is 59.4 Å². The summed E-state index contributed by atoms with van der Waals surface area (Å²) in [7, 11) is 0. The van der Waals surface area contributed by atoms with Gasteiger partial charge in [-0.25, -0.2) is 4.39 Å². The molecular formula is C24H28FN. The van der Waals surface area contributed by atoms with Crippen molar-refractivity contribution in [2.45, 2.75) is 58.3 Å². The van der Waals surface area contributed by atoms with Crippen molar-refractivity contribution < 1.29 is 4.39 Å². The van der Waals surface area contributed by atoms with Crippen molar-refractivity contribution in [2.24, 2.45) is 11.8 Å². The van der Waals surface area contributed by atoms with Crippen LogP contribution in [0.4, 0.5) is 4.39 Å². The summed E-state index contributed by atoms with van der Waals surface area (Å²) >= 11 is 0. The highest BCUT2D eigenvalue weighted by Gasteiger charge is 2.20. The van der Waals surface area contributed by atoms with Gasteiger partial charge in [0.05, 0.1) is 11.6 Å². The SMILES string of the molecule is CCC[C@H]1CC[C@H](CCc2ccc(-c3ccc(C#N)cc3F)cc2)CC1. The molecule has 136 valence electrons. The maximum Gasteiger partial charge on any atom is 0.132 e. The van der Waals surface area contributed by atoms with Gasteiger partial charge in [-0.1, -0.05) is 75.8 Å². The quantitative estimate of drug-likeness (QED) is 0.556. The van der Waals surface area contributed by atoms with E-state index in [1.165, 1.54) is 56.6 Å². The summed E-state index contributed by atoms with van der Waals surface area (Å²) < 4.78 is 14.1. The molecule has 0 heterocycles. The fourth-order valence-electron chi connectivity index (χ4n) is 4.26. The van der Waals surface area contributed by atoms with Crippen molar-refractivity contribution in [1.29, 1.82) is 5.26 Å². The van der Waals surface area contributed by atoms with Crippen LogP contribution in [0.15, 0.2) is 42.5 Å². The number of nitrogens with zero attached hydrogens (tertiary/aromatic N) is 1. The smallest absolute Gasteiger partial charge is 0.132 e. The van der Waals surface area contributed by atoms with Crippen LogP contribution in [0.3, 0.4) is 0 Å². The molecule has 3 rings (SSSR count). The van der Waals surface area contributed by atoms with Crippen molar-refractivity contribution in [1.82, 2.24) is 0 Å². The minimum absolute atomic E-state index is 0.333. The Hall–Kier alpha value is -2.14. The maximum atomic E-state index is 14.1. The maximum absolute atomic E-state index is 14.1. The fourth-order valence-corrected chi connectivity index (χ4v) is 4.26. The second kappa shape index (κ2) is 8.99. The zero-order valence-corrected chi connectivity index (χ0v) is 15.7. The van der Waals surface area contributed by atoms with E-state index in [2.05, 4.69) is 19.1 Å². The van der Waals surface area contributed by atoms with Gasteiger partial charge >= 0.3 is 0 Å². The molecule has 0 N–H and O–H groups in total. The van der Waals surface area contributed by atoms with Crippen LogP contribution in [0.5, 0.6) is 0 Å². The second-order valence-electron chi connectivity index (χ2n) is 7.72. The molecule has 0 saturated heterocycles. The van der Waals surface area contributed by atoms with Crippen LogP contribution >= 0.6 is 0 Å². The highest BCUT2D eigenvalue weighted by molar-refractivity contribution is 5.65. The average molecular weight is 349 g/mol. The first kappa shape index (κ1) is 18.6. The summed E-state index contributed by atoms with van der Waals surface area (Å²) in [6.45, 7) is 2.29. The molecule has 0 atom stereocenters. The van der Waals surface area contributed by atoms with E-state index in [1.807, 2.05) is 18.2 Å². The van der Waals surface area contributed by atoms with Crippen LogP contribution in [0, 0.1) is 29.0 Å². The molecule has 2 heteroatoms. The van der Waals surface area contributed by atoms with Crippen LogP contribution in [-0.2, 0) is 6.42 Å². The Bertz CT molecular complexity index is 749. The molecule has 2 aromatic rings. The Morgan fingerprint density at radius 3 is 2.19 bits per heavy atom. The highest BCUT2D eigenvalue weighted by Crippen LogP contribution is 2.34. The molecular weight excluding hydrogens is 321 g/mol. The number of aryl methyl sites for hydroxylation is 1. The summed E-state index contributed by atoms with van der Waals surface area (Å²) in [5.41, 5.74) is 3.12. The molecule has 26 heavy (non-hydrogen) atoms. The molecule has 1 fully saturated rings. The van der Waals surface area contributed by atoms with E-state index in [1.54, 1.807) is 12.1 Å². The van der Waals surface area contributed by atoms with Gasteiger partial charge in [0.25, 0.3) is 0 Å². The lowest BCUT2D eigenvalue weighted by Gasteiger charge is -2.28. The Morgan fingerprint density at radius 2 is 1.62 bits per heavy atom. The van der Waals surface area contributed by atoms with Crippen molar-refractivity contribution in [3.63, 3.8) is 0 Å². The largest absolute Gasteiger partial charge is 0.206 e. The second-order valence-corrected chi connectivity index (χ2v) is 7.72. The Kier molecular flexibility index (Phi) is 6.45. The summed E-state index contributed by atoms with van der Waals surface area (Å²) in [5, 5.41) is 8.85. The summed E-state index contributed by atoms with van der Waals surface area (Å²) in [4.78, 5) is 0. The van der Waals surface area contributed by atoms with Gasteiger partial charge in [-0.3, -0.25) is 0 Å². The van der Waals surface area contributed by atoms with Gasteiger partial charge in [0.2, 0.25) is 0 Å². The number of rotatable bonds is 6. The number of hydrogen-bond donors (Lipinski definition) is 0. The van der Waals surface area contributed by atoms with E-state index < -0.39 is 0 Å². The predicted molar refractivity (Wildman–Crippen MR) is 105 cm³/mol. The molecule has 0 radical (unpaired) electrons. The fraction of sp³-hybridized carbons (Fsp3) is 0.458. The predicted octanol–water partition coefficient (Wildman–Crippen LogP) is 6.90. The minimum atomic E-state index is -0.333. The van der Waals surface area contributed by atoms with E-state index in [9.17, 15) is 4.39 Å². The lowest BCUT2D eigenvalue weighted by Crippen LogP contribution is -2.15. The number of nitriles is 1. The standard InChI is InChI=1S/C24H28FN/c1-2-3-18-4-6-19(7-5-18)8-9-20-10-13-22(14-11-20)23-15-12-21(17-26)16-24(23)25/h10-16,18-19H,2-9H2,1H3/t18-,19-. The zero-order chi connectivity index (χ0) is 18.4. The molecule has 1 saturated carbocycles. The lowest BCUT2D eigenvalue weighted by atomic mass is 9.78. The molecule has 0 unspecified atom stereocenters. The van der Waals surface area contributed by atoms with E-state index in [4.69, 9.17) is 5.26 Å². The topological polar surface area (TPSA) is 23.8 Å². The van der Waals surface area contributed by atoms with Gasteiger partial charge in [0, 0.05) is 5.56 Å². The number of hydrogen-bond acceptors (Lipinski definition) is 1. The van der Waals surface area contributed by atoms with E-state index >= 15 is 0 Å². The number of halogens is 1. The zero-order valence-electron chi connectivity index (χ0n) is 15.7. The molecule has 2 aromatic carbocycles. The molecule has 0 aliphatic heterocycles. The first-order valence-corrected chi connectivity index (χ1v) is 9.98. The first-order valence-electron chi connectivity index (χ1n) is 9.98. The summed E-state index contributed by atoms with van der Waals surface area (Å²) in [6.07, 6.45) is 10.7. The normalized spacial score (nSPS) is 19.9. The average Bonchev–Trinajstić information content (AvgIpc) is 2.68. The molecule has 0 bridgehead atoms. The molecule has 0 amide bonds. The van der Waals surface area contributed by atoms with Gasteiger partial charge in [0.1, 0.15) is 5.82 Å². The van der Waals surface area contributed by atoms with E-state index in [0.717, 1.165) is 23.8 Å². The van der Waals surface area contributed by atoms with Gasteiger partial charge < -0.3 is 0 Å². The lowest BCUT2D eigenvalue weighted by molar-refractivity contribution is 0.252. The third-order valence-electron chi connectivity index (χ3n) is 5.87. The summed E-state index contributed by atoms with van der Waals surface area (Å²) in [5.74, 6) is 1.51. The molecule has 1 aliphatic rings. The van der Waals surface area contributed by atoms with Crippen LogP contribution < -0.4 is 0 Å². The van der Waals surface area contributed by atoms with E-state index in [-0.39, 0.29) is 5.82 Å². The monoisotopic (exact) mass is 349 g/mol. The van der Waals surface area contributed by atoms with Crippen LogP contribution in [0.25, 0.3) is 11.1 Å². The van der Waals surface area contributed by atoms with Crippen LogP contribution in [0.2, 0.25) is 0 Å². The van der Waals surface area contributed by atoms with E-state index in [0.29, 0.717) is 11.1 Å². The molecule has 1 nitrogen and oxygen atoms in total. The summed E-state index contributed by atoms with van der Waals surface area (Å²) in [6, 6.07) is 14.9. The van der Waals surface area contributed by atoms with Crippen LogP contribution in [-0.4, -0.2) is 0 Å². The van der Waals surface area contributed by atoms with Gasteiger partial charge in [-0.15, -0.1) is 0 Å². The Balaban J connectivity index is 1.55. The minimum Gasteiger partial charge on any atom is -0.206 e. The third-order valence-corrected chi connectivity index (χ3v) is 5.87. The van der Waals surface area contributed by atoms with Crippen molar-refractivity contribution in [2.75, 3.05) is 0 Å². The molecule has 1 aliphatic carbocycles. The molecule has 0 spiro atoms. The third kappa shape index (κ3) is 4.73. The highest BCUT2D eigenvalue weighted by atomic mass is 19.1. The first-order chi connectivity index (χ1) is 12.7.